The number of hydrogen-bond acceptors (Lipinski definition) is 4. The first kappa shape index (κ1) is 18.4. The lowest BCUT2D eigenvalue weighted by atomic mass is 9.83. The van der Waals surface area contributed by atoms with Crippen molar-refractivity contribution in [3.05, 3.63) is 27.2 Å². The van der Waals surface area contributed by atoms with E-state index in [-0.39, 0.29) is 17.6 Å². The average Bonchev–Trinajstić information content (AvgIpc) is 2.55. The van der Waals surface area contributed by atoms with Crippen LogP contribution in [-0.4, -0.2) is 34.4 Å². The molecule has 1 aromatic rings. The Hall–Kier alpha value is -1.69. The van der Waals surface area contributed by atoms with Crippen LogP contribution >= 0.6 is 0 Å². The van der Waals surface area contributed by atoms with Gasteiger partial charge in [0.15, 0.2) is 0 Å². The Morgan fingerprint density at radius 3 is 2.32 bits per heavy atom. The lowest BCUT2D eigenvalue weighted by Gasteiger charge is -2.29. The molecule has 1 aromatic heterocycles. The van der Waals surface area contributed by atoms with Crippen molar-refractivity contribution in [2.75, 3.05) is 13.2 Å². The van der Waals surface area contributed by atoms with E-state index >= 15 is 0 Å². The van der Waals surface area contributed by atoms with Crippen LogP contribution in [0.2, 0.25) is 0 Å². The van der Waals surface area contributed by atoms with Crippen LogP contribution in [0.25, 0.3) is 0 Å². The molecule has 124 valence electrons. The highest BCUT2D eigenvalue weighted by atomic mass is 16.3. The fourth-order valence-electron chi connectivity index (χ4n) is 2.57. The standard InChI is InChI=1S/C16H27N3O3/c1-5-11-12(6-2)18-19-15(22)13(11)14(21)17-9-16(7-3,8-4)10-20/h20H,5-10H2,1-4H3,(H,17,21)(H,19,22). The molecule has 0 bridgehead atoms. The summed E-state index contributed by atoms with van der Waals surface area (Å²) in [7, 11) is 0. The van der Waals surface area contributed by atoms with Gasteiger partial charge in [-0.05, 0) is 31.2 Å². The second-order valence-corrected chi connectivity index (χ2v) is 5.61. The topological polar surface area (TPSA) is 95.1 Å². The molecule has 0 atom stereocenters. The normalized spacial score (nSPS) is 11.5. The number of hydrogen-bond donors (Lipinski definition) is 3. The number of H-pyrrole nitrogens is 1. The third-order valence-corrected chi connectivity index (χ3v) is 4.54. The molecule has 0 saturated heterocycles. The van der Waals surface area contributed by atoms with Crippen molar-refractivity contribution >= 4 is 5.91 Å². The summed E-state index contributed by atoms with van der Waals surface area (Å²) >= 11 is 0. The van der Waals surface area contributed by atoms with Crippen molar-refractivity contribution in [2.45, 2.75) is 53.4 Å². The number of aliphatic hydroxyl groups is 1. The minimum absolute atomic E-state index is 0.00777. The number of carbonyl (C=O) groups is 1. The largest absolute Gasteiger partial charge is 0.396 e. The van der Waals surface area contributed by atoms with E-state index in [1.165, 1.54) is 0 Å². The van der Waals surface area contributed by atoms with Crippen molar-refractivity contribution in [1.82, 2.24) is 15.5 Å². The molecule has 1 heterocycles. The van der Waals surface area contributed by atoms with Gasteiger partial charge in [0.05, 0.1) is 12.3 Å². The molecule has 0 unspecified atom stereocenters. The molecule has 0 saturated carbocycles. The second-order valence-electron chi connectivity index (χ2n) is 5.61. The maximum atomic E-state index is 12.5. The van der Waals surface area contributed by atoms with Crippen LogP contribution < -0.4 is 10.9 Å². The van der Waals surface area contributed by atoms with Crippen molar-refractivity contribution in [2.24, 2.45) is 5.41 Å². The van der Waals surface area contributed by atoms with Gasteiger partial charge in [-0.15, -0.1) is 0 Å². The highest BCUT2D eigenvalue weighted by Gasteiger charge is 2.27. The van der Waals surface area contributed by atoms with E-state index in [1.54, 1.807) is 0 Å². The Morgan fingerprint density at radius 1 is 1.23 bits per heavy atom. The van der Waals surface area contributed by atoms with E-state index < -0.39 is 11.5 Å². The molecule has 0 radical (unpaired) electrons. The smallest absolute Gasteiger partial charge is 0.277 e. The minimum Gasteiger partial charge on any atom is -0.396 e. The maximum Gasteiger partial charge on any atom is 0.277 e. The number of rotatable bonds is 8. The zero-order valence-electron chi connectivity index (χ0n) is 14.0. The molecule has 0 aliphatic rings. The van der Waals surface area contributed by atoms with Gasteiger partial charge < -0.3 is 10.4 Å². The van der Waals surface area contributed by atoms with Crippen LogP contribution in [-0.2, 0) is 12.8 Å². The highest BCUT2D eigenvalue weighted by Crippen LogP contribution is 2.24. The van der Waals surface area contributed by atoms with Crippen molar-refractivity contribution in [1.29, 1.82) is 0 Å². The van der Waals surface area contributed by atoms with Gasteiger partial charge >= 0.3 is 0 Å². The van der Waals surface area contributed by atoms with Crippen LogP contribution in [0.3, 0.4) is 0 Å². The summed E-state index contributed by atoms with van der Waals surface area (Å²) in [5, 5.41) is 18.8. The zero-order valence-corrected chi connectivity index (χ0v) is 14.0. The van der Waals surface area contributed by atoms with E-state index in [2.05, 4.69) is 15.5 Å². The van der Waals surface area contributed by atoms with Crippen LogP contribution in [0, 0.1) is 5.41 Å². The summed E-state index contributed by atoms with van der Waals surface area (Å²) in [4.78, 5) is 24.5. The van der Waals surface area contributed by atoms with Gasteiger partial charge in [-0.2, -0.15) is 5.10 Å². The number of aromatic amines is 1. The summed E-state index contributed by atoms with van der Waals surface area (Å²) in [5.41, 5.74) is 0.788. The summed E-state index contributed by atoms with van der Waals surface area (Å²) in [6, 6.07) is 0. The van der Waals surface area contributed by atoms with Gasteiger partial charge in [-0.1, -0.05) is 27.7 Å². The fourth-order valence-corrected chi connectivity index (χ4v) is 2.57. The van der Waals surface area contributed by atoms with Crippen molar-refractivity contribution in [3.8, 4) is 0 Å². The quantitative estimate of drug-likeness (QED) is 0.677. The van der Waals surface area contributed by atoms with Gasteiger partial charge in [-0.25, -0.2) is 5.10 Å². The number of nitrogens with zero attached hydrogens (tertiary/aromatic N) is 1. The predicted octanol–water partition coefficient (Wildman–Crippen LogP) is 1.42. The molecule has 0 spiro atoms. The number of aromatic nitrogens is 2. The van der Waals surface area contributed by atoms with Crippen LogP contribution in [0.4, 0.5) is 0 Å². The van der Waals surface area contributed by atoms with Gasteiger partial charge in [-0.3, -0.25) is 9.59 Å². The van der Waals surface area contributed by atoms with Crippen LogP contribution in [0.5, 0.6) is 0 Å². The Morgan fingerprint density at radius 2 is 1.86 bits per heavy atom. The number of carbonyl (C=O) groups excluding carboxylic acids is 1. The summed E-state index contributed by atoms with van der Waals surface area (Å²) < 4.78 is 0. The first-order chi connectivity index (χ1) is 10.5. The Bertz CT molecular complexity index is 554. The average molecular weight is 309 g/mol. The van der Waals surface area contributed by atoms with E-state index in [0.717, 1.165) is 18.5 Å². The molecular formula is C16H27N3O3. The molecule has 0 aromatic carbocycles. The molecule has 6 heteroatoms. The molecular weight excluding hydrogens is 282 g/mol. The molecule has 0 aliphatic heterocycles. The summed E-state index contributed by atoms with van der Waals surface area (Å²) in [6.07, 6.45) is 2.75. The lowest BCUT2D eigenvalue weighted by Crippen LogP contribution is -2.41. The van der Waals surface area contributed by atoms with Crippen LogP contribution in [0.15, 0.2) is 4.79 Å². The van der Waals surface area contributed by atoms with Crippen molar-refractivity contribution in [3.63, 3.8) is 0 Å². The molecule has 0 fully saturated rings. The Kier molecular flexibility index (Phi) is 6.74. The van der Waals surface area contributed by atoms with Crippen LogP contribution in [0.1, 0.15) is 62.2 Å². The predicted molar refractivity (Wildman–Crippen MR) is 86.0 cm³/mol. The number of aryl methyl sites for hydroxylation is 1. The Balaban J connectivity index is 3.06. The lowest BCUT2D eigenvalue weighted by molar-refractivity contribution is 0.0848. The van der Waals surface area contributed by atoms with Gasteiger partial charge in [0.1, 0.15) is 5.56 Å². The highest BCUT2D eigenvalue weighted by molar-refractivity contribution is 5.95. The molecule has 3 N–H and O–H groups in total. The van der Waals surface area contributed by atoms with Crippen molar-refractivity contribution < 1.29 is 9.90 Å². The third-order valence-electron chi connectivity index (χ3n) is 4.54. The zero-order chi connectivity index (χ0) is 16.8. The van der Waals surface area contributed by atoms with E-state index in [0.29, 0.717) is 24.9 Å². The third kappa shape index (κ3) is 3.74. The first-order valence-electron chi connectivity index (χ1n) is 7.97. The number of nitrogens with one attached hydrogen (secondary N) is 2. The van der Waals surface area contributed by atoms with Gasteiger partial charge in [0.2, 0.25) is 0 Å². The summed E-state index contributed by atoms with van der Waals surface area (Å²) in [6.45, 7) is 8.17. The fraction of sp³-hybridized carbons (Fsp3) is 0.688. The molecule has 0 aliphatic carbocycles. The molecule has 1 amide bonds. The maximum absolute atomic E-state index is 12.5. The van der Waals surface area contributed by atoms with Gasteiger partial charge in [0, 0.05) is 12.0 Å². The molecule has 1 rings (SSSR count). The van der Waals surface area contributed by atoms with E-state index in [9.17, 15) is 14.7 Å². The Labute approximate surface area is 131 Å². The second kappa shape index (κ2) is 8.08. The molecule has 6 nitrogen and oxygen atoms in total. The molecule has 22 heavy (non-hydrogen) atoms. The monoisotopic (exact) mass is 309 g/mol. The minimum atomic E-state index is -0.464. The number of amides is 1. The van der Waals surface area contributed by atoms with Gasteiger partial charge in [0.25, 0.3) is 11.5 Å². The summed E-state index contributed by atoms with van der Waals surface area (Å²) in [5.74, 6) is -0.394. The number of aliphatic hydroxyl groups excluding tert-OH is 1. The van der Waals surface area contributed by atoms with E-state index in [1.807, 2.05) is 27.7 Å². The van der Waals surface area contributed by atoms with E-state index in [4.69, 9.17) is 0 Å². The SMILES string of the molecule is CCc1n[nH]c(=O)c(C(=O)NCC(CC)(CC)CO)c1CC. The first-order valence-corrected chi connectivity index (χ1v) is 7.97.